The van der Waals surface area contributed by atoms with Crippen molar-refractivity contribution in [1.82, 2.24) is 0 Å². The molecule has 7 nitrogen and oxygen atoms in total. The van der Waals surface area contributed by atoms with E-state index in [0.717, 1.165) is 25.7 Å². The quantitative estimate of drug-likeness (QED) is 0.239. The first kappa shape index (κ1) is 28.6. The van der Waals surface area contributed by atoms with Gasteiger partial charge in [-0.05, 0) is 80.0 Å². The molecule has 4 aliphatic carbocycles. The molecule has 0 spiro atoms. The van der Waals surface area contributed by atoms with Crippen molar-refractivity contribution in [2.75, 3.05) is 7.11 Å². The second kappa shape index (κ2) is 10.6. The molecule has 11 atom stereocenters. The van der Waals surface area contributed by atoms with Crippen molar-refractivity contribution < 1.29 is 33.4 Å². The van der Waals surface area contributed by atoms with E-state index < -0.39 is 0 Å². The van der Waals surface area contributed by atoms with E-state index in [1.54, 1.807) is 0 Å². The number of alkyl halides is 1. The summed E-state index contributed by atoms with van der Waals surface area (Å²) in [5, 5.41) is 0. The van der Waals surface area contributed by atoms with Gasteiger partial charge in [-0.2, -0.15) is 0 Å². The van der Waals surface area contributed by atoms with Crippen LogP contribution in [-0.4, -0.2) is 47.8 Å². The van der Waals surface area contributed by atoms with E-state index in [4.69, 9.17) is 14.2 Å². The Labute approximate surface area is 229 Å². The Balaban J connectivity index is 1.67. The van der Waals surface area contributed by atoms with Crippen LogP contribution >= 0.6 is 15.9 Å². The maximum Gasteiger partial charge on any atom is 0.305 e. The van der Waals surface area contributed by atoms with Gasteiger partial charge in [0.2, 0.25) is 0 Å². The van der Waals surface area contributed by atoms with Gasteiger partial charge in [0.15, 0.2) is 0 Å². The summed E-state index contributed by atoms with van der Waals surface area (Å²) in [6, 6.07) is 0. The van der Waals surface area contributed by atoms with Crippen molar-refractivity contribution in [1.29, 1.82) is 0 Å². The van der Waals surface area contributed by atoms with Crippen LogP contribution in [0.15, 0.2) is 0 Å². The molecule has 4 aliphatic rings. The second-order valence-electron chi connectivity index (χ2n) is 12.6. The fraction of sp³-hybridized carbons (Fsp3) is 0.862. The number of ketones is 1. The lowest BCUT2D eigenvalue weighted by molar-refractivity contribution is -0.196. The molecule has 0 aromatic rings. The highest BCUT2D eigenvalue weighted by Gasteiger charge is 2.68. The maximum absolute atomic E-state index is 14.1. The van der Waals surface area contributed by atoms with E-state index in [2.05, 4.69) is 36.7 Å². The van der Waals surface area contributed by atoms with Gasteiger partial charge in [-0.1, -0.05) is 36.7 Å². The smallest absolute Gasteiger partial charge is 0.305 e. The third-order valence-electron chi connectivity index (χ3n) is 10.9. The number of halogens is 1. The predicted octanol–water partition coefficient (Wildman–Crippen LogP) is 5.26. The lowest BCUT2D eigenvalue weighted by Crippen LogP contribution is -2.64. The molecule has 208 valence electrons. The highest BCUT2D eigenvalue weighted by atomic mass is 79.9. The van der Waals surface area contributed by atoms with E-state index in [-0.39, 0.29) is 87.1 Å². The van der Waals surface area contributed by atoms with E-state index >= 15 is 0 Å². The molecule has 0 aliphatic heterocycles. The van der Waals surface area contributed by atoms with Crippen molar-refractivity contribution >= 4 is 39.6 Å². The highest BCUT2D eigenvalue weighted by Crippen LogP contribution is 2.68. The van der Waals surface area contributed by atoms with Crippen LogP contribution in [0.1, 0.15) is 86.0 Å². The average molecular weight is 584 g/mol. The Morgan fingerprint density at radius 1 is 1.00 bits per heavy atom. The summed E-state index contributed by atoms with van der Waals surface area (Å²) in [4.78, 5) is 49.7. The summed E-state index contributed by atoms with van der Waals surface area (Å²) in [6.07, 6.45) is 5.54. The van der Waals surface area contributed by atoms with E-state index in [9.17, 15) is 19.2 Å². The minimum Gasteiger partial charge on any atom is -0.469 e. The minimum atomic E-state index is -0.330. The van der Waals surface area contributed by atoms with Gasteiger partial charge >= 0.3 is 17.9 Å². The van der Waals surface area contributed by atoms with Crippen molar-refractivity contribution in [2.45, 2.75) is 103 Å². The first-order valence-electron chi connectivity index (χ1n) is 13.9. The minimum absolute atomic E-state index is 0.0675. The fourth-order valence-corrected chi connectivity index (χ4v) is 10.3. The van der Waals surface area contributed by atoms with Crippen molar-refractivity contribution in [2.24, 2.45) is 46.3 Å². The molecule has 8 heteroatoms. The number of fused-ring (bicyclic) bond motifs is 5. The molecular formula is C29H43BrO7. The highest BCUT2D eigenvalue weighted by molar-refractivity contribution is 9.10. The van der Waals surface area contributed by atoms with Crippen LogP contribution in [-0.2, 0) is 33.4 Å². The van der Waals surface area contributed by atoms with Gasteiger partial charge < -0.3 is 14.2 Å². The largest absolute Gasteiger partial charge is 0.469 e. The lowest BCUT2D eigenvalue weighted by atomic mass is 9.43. The van der Waals surface area contributed by atoms with Crippen LogP contribution in [0.2, 0.25) is 0 Å². The van der Waals surface area contributed by atoms with E-state index in [1.807, 2.05) is 0 Å². The Bertz CT molecular complexity index is 935. The predicted molar refractivity (Wildman–Crippen MR) is 141 cm³/mol. The third kappa shape index (κ3) is 4.89. The number of carbonyl (C=O) groups is 4. The number of Topliss-reactive ketones (excluding diaryl/α,β-unsaturated/α-hetero) is 1. The standard InChI is InChI=1S/C29H43BrO7/c1-15(7-10-24(33)35-6)19-8-9-20-25-21(14-23(29(19,20)5)37-17(3)32)28(4)12-11-18(36-16(2)31)13-22(28)26(30)27(25)34/h15,18-23,25-26H,7-14H2,1-6H3/t15-,18-,19+,20-,21-,22+,23+,25+,26-,28-,29-/m1/s1. The number of hydrogen-bond donors (Lipinski definition) is 0. The Morgan fingerprint density at radius 2 is 1.68 bits per heavy atom. The zero-order chi connectivity index (χ0) is 27.3. The van der Waals surface area contributed by atoms with Crippen LogP contribution in [0.25, 0.3) is 0 Å². The fourth-order valence-electron chi connectivity index (χ4n) is 9.18. The zero-order valence-corrected chi connectivity index (χ0v) is 24.7. The topological polar surface area (TPSA) is 96.0 Å². The zero-order valence-electron chi connectivity index (χ0n) is 23.1. The summed E-state index contributed by atoms with van der Waals surface area (Å²) in [5.41, 5.74) is -0.444. The molecule has 0 unspecified atom stereocenters. The summed E-state index contributed by atoms with van der Waals surface area (Å²) in [5.74, 6) is 0.197. The number of carbonyl (C=O) groups excluding carboxylic acids is 4. The normalized spacial score (nSPS) is 43.6. The van der Waals surface area contributed by atoms with Gasteiger partial charge in [0.25, 0.3) is 0 Å². The molecule has 0 aromatic carbocycles. The Morgan fingerprint density at radius 3 is 2.30 bits per heavy atom. The van der Waals surface area contributed by atoms with E-state index in [1.165, 1.54) is 21.0 Å². The van der Waals surface area contributed by atoms with Gasteiger partial charge in [-0.3, -0.25) is 19.2 Å². The molecule has 0 bridgehead atoms. The summed E-state index contributed by atoms with van der Waals surface area (Å²) >= 11 is 3.82. The van der Waals surface area contributed by atoms with Gasteiger partial charge in [0.1, 0.15) is 18.0 Å². The van der Waals surface area contributed by atoms with Gasteiger partial charge in [-0.15, -0.1) is 0 Å². The average Bonchev–Trinajstić information content (AvgIpc) is 3.19. The number of methoxy groups -OCH3 is 1. The van der Waals surface area contributed by atoms with Crippen molar-refractivity contribution in [3.63, 3.8) is 0 Å². The van der Waals surface area contributed by atoms with Gasteiger partial charge in [-0.25, -0.2) is 0 Å². The number of esters is 3. The molecule has 0 radical (unpaired) electrons. The SMILES string of the molecule is COC(=O)CC[C@@H](C)[C@@H]1CC[C@@H]2[C@@H]3C(=O)[C@H](Br)[C@@H]4C[C@H](OC(C)=O)CC[C@]4(C)[C@@H]3C[C@H](OC(C)=O)[C@@]21C. The Kier molecular flexibility index (Phi) is 8.19. The van der Waals surface area contributed by atoms with E-state index in [0.29, 0.717) is 25.7 Å². The number of hydrogen-bond acceptors (Lipinski definition) is 7. The van der Waals surface area contributed by atoms with Crippen molar-refractivity contribution in [3.8, 4) is 0 Å². The molecule has 4 saturated carbocycles. The lowest BCUT2D eigenvalue weighted by Gasteiger charge is -2.63. The van der Waals surface area contributed by atoms with Crippen LogP contribution in [0.3, 0.4) is 0 Å². The third-order valence-corrected chi connectivity index (χ3v) is 12.0. The molecule has 4 fully saturated rings. The molecule has 0 saturated heterocycles. The molecule has 0 heterocycles. The first-order chi connectivity index (χ1) is 17.3. The summed E-state index contributed by atoms with van der Waals surface area (Å²) < 4.78 is 16.6. The molecule has 0 amide bonds. The van der Waals surface area contributed by atoms with Crippen LogP contribution in [0, 0.1) is 46.3 Å². The molecule has 37 heavy (non-hydrogen) atoms. The van der Waals surface area contributed by atoms with Gasteiger partial charge in [0, 0.05) is 31.6 Å². The monoisotopic (exact) mass is 582 g/mol. The Hall–Kier alpha value is -1.44. The molecule has 4 rings (SSSR count). The molecular weight excluding hydrogens is 540 g/mol. The second-order valence-corrected chi connectivity index (χ2v) is 13.6. The molecule has 0 N–H and O–H groups in total. The van der Waals surface area contributed by atoms with Crippen molar-refractivity contribution in [3.05, 3.63) is 0 Å². The first-order valence-corrected chi connectivity index (χ1v) is 14.8. The van der Waals surface area contributed by atoms with Crippen LogP contribution in [0.4, 0.5) is 0 Å². The van der Waals surface area contributed by atoms with Crippen LogP contribution in [0.5, 0.6) is 0 Å². The van der Waals surface area contributed by atoms with Gasteiger partial charge in [0.05, 0.1) is 11.9 Å². The number of ether oxygens (including phenoxy) is 3. The van der Waals surface area contributed by atoms with Crippen LogP contribution < -0.4 is 0 Å². The summed E-state index contributed by atoms with van der Waals surface area (Å²) in [7, 11) is 1.41. The maximum atomic E-state index is 14.1. The summed E-state index contributed by atoms with van der Waals surface area (Å²) in [6.45, 7) is 9.64. The molecule has 0 aromatic heterocycles. The number of rotatable bonds is 6.